The number of para-hydroxylation sites is 1. The molecule has 214 valence electrons. The van der Waals surface area contributed by atoms with Crippen LogP contribution >= 0.6 is 11.3 Å². The lowest BCUT2D eigenvalue weighted by atomic mass is 9.97. The Hall–Kier alpha value is -4.64. The molecule has 0 radical (unpaired) electrons. The maximum atomic E-state index is 13.0. The highest BCUT2D eigenvalue weighted by molar-refractivity contribution is 7.18. The van der Waals surface area contributed by atoms with Gasteiger partial charge in [-0.25, -0.2) is 9.78 Å². The normalized spacial score (nSPS) is 21.9. The van der Waals surface area contributed by atoms with Gasteiger partial charge in [0.25, 0.3) is 5.91 Å². The number of esters is 4. The minimum absolute atomic E-state index is 0.0666. The van der Waals surface area contributed by atoms with Gasteiger partial charge in [-0.3, -0.25) is 34.6 Å². The third-order valence-electron chi connectivity index (χ3n) is 5.10. The molecule has 0 bridgehead atoms. The van der Waals surface area contributed by atoms with Gasteiger partial charge in [0.05, 0.1) is 17.6 Å². The largest absolute Gasteiger partial charge is 0.467 e. The summed E-state index contributed by atoms with van der Waals surface area (Å²) < 4.78 is 32.1. The second kappa shape index (κ2) is 12.9. The summed E-state index contributed by atoms with van der Waals surface area (Å²) in [6.45, 7) is 3.12. The van der Waals surface area contributed by atoms with Crippen molar-refractivity contribution in [1.29, 1.82) is 0 Å². The van der Waals surface area contributed by atoms with Crippen LogP contribution in [-0.2, 0) is 42.9 Å². The number of thiazole rings is 1. The maximum Gasteiger partial charge on any atom is 0.345 e. The average molecular weight is 582 g/mol. The van der Waals surface area contributed by atoms with Gasteiger partial charge in [-0.15, -0.1) is 0 Å². The Balaban J connectivity index is 1.99. The van der Waals surface area contributed by atoms with Gasteiger partial charge < -0.3 is 28.4 Å². The molecule has 16 nitrogen and oxygen atoms in total. The Labute approximate surface area is 229 Å². The first-order valence-corrected chi connectivity index (χ1v) is 12.1. The van der Waals surface area contributed by atoms with Crippen molar-refractivity contribution in [3.05, 3.63) is 46.1 Å². The standard InChI is InChI=1S/C23H23N3O13S/c1-10(27)35-16-17(36-11(2)28)19(37-12(3)29)22(39-18(16)21(31)34-4)38-14-8-6-5-7-13(14)20(30)25-23-24-9-15(40-23)26(32)33/h5-9,16-19,22H,1-4H3,(H,24,25,30)/t16-,17+,18?,19?,22+/m0/s1. The van der Waals surface area contributed by atoms with E-state index < -0.39 is 65.4 Å². The Bertz CT molecular complexity index is 1310. The Morgan fingerprint density at radius 1 is 0.975 bits per heavy atom. The van der Waals surface area contributed by atoms with Crippen LogP contribution in [0.3, 0.4) is 0 Å². The van der Waals surface area contributed by atoms with Gasteiger partial charge in [-0.2, -0.15) is 0 Å². The predicted molar refractivity (Wildman–Crippen MR) is 131 cm³/mol. The number of anilines is 1. The molecule has 0 saturated carbocycles. The molecule has 2 unspecified atom stereocenters. The lowest BCUT2D eigenvalue weighted by molar-refractivity contribution is -0.380. The van der Waals surface area contributed by atoms with Crippen molar-refractivity contribution >= 4 is 51.3 Å². The van der Waals surface area contributed by atoms with Gasteiger partial charge in [0.2, 0.25) is 12.4 Å². The Kier molecular flexibility index (Phi) is 9.68. The number of aromatic nitrogens is 1. The minimum atomic E-state index is -1.70. The van der Waals surface area contributed by atoms with Gasteiger partial charge in [0.1, 0.15) is 11.9 Å². The van der Waals surface area contributed by atoms with E-state index in [0.29, 0.717) is 11.3 Å². The SMILES string of the molecule is COC(=O)C1O[C@@H](Oc2ccccc2C(=O)Nc2ncc([N+](=O)[O-])s2)C(OC(C)=O)[C@H](OC(C)=O)[C@@H]1OC(C)=O. The van der Waals surface area contributed by atoms with E-state index in [0.717, 1.165) is 34.1 Å². The number of carbonyl (C=O) groups is 5. The Morgan fingerprint density at radius 2 is 1.57 bits per heavy atom. The van der Waals surface area contributed by atoms with Crippen LogP contribution in [-0.4, -0.2) is 77.5 Å². The van der Waals surface area contributed by atoms with Crippen molar-refractivity contribution in [3.63, 3.8) is 0 Å². The number of nitro groups is 1. The molecule has 1 saturated heterocycles. The summed E-state index contributed by atoms with van der Waals surface area (Å²) in [5.41, 5.74) is -0.105. The monoisotopic (exact) mass is 581 g/mol. The topological polar surface area (TPSA) is 209 Å². The molecule has 1 aromatic heterocycles. The van der Waals surface area contributed by atoms with E-state index in [-0.39, 0.29) is 21.4 Å². The first-order chi connectivity index (χ1) is 18.9. The van der Waals surface area contributed by atoms with Crippen LogP contribution in [0.25, 0.3) is 0 Å². The molecule has 1 aromatic carbocycles. The summed E-state index contributed by atoms with van der Waals surface area (Å²) in [5, 5.41) is 13.0. The van der Waals surface area contributed by atoms with Crippen LogP contribution < -0.4 is 10.1 Å². The van der Waals surface area contributed by atoms with E-state index >= 15 is 0 Å². The molecular weight excluding hydrogens is 558 g/mol. The molecule has 3 rings (SSSR count). The number of carbonyl (C=O) groups excluding carboxylic acids is 5. The molecular formula is C23H23N3O13S. The fraction of sp³-hybridized carbons (Fsp3) is 0.391. The fourth-order valence-corrected chi connectivity index (χ4v) is 4.26. The van der Waals surface area contributed by atoms with E-state index in [1.165, 1.54) is 24.3 Å². The molecule has 1 amide bonds. The van der Waals surface area contributed by atoms with Crippen molar-refractivity contribution < 1.29 is 57.3 Å². The van der Waals surface area contributed by atoms with E-state index in [4.69, 9.17) is 28.4 Å². The van der Waals surface area contributed by atoms with Crippen molar-refractivity contribution in [2.75, 3.05) is 12.4 Å². The van der Waals surface area contributed by atoms with Crippen LogP contribution in [0.5, 0.6) is 5.75 Å². The van der Waals surface area contributed by atoms with Crippen molar-refractivity contribution in [2.24, 2.45) is 0 Å². The lowest BCUT2D eigenvalue weighted by Crippen LogP contribution is -2.64. The summed E-state index contributed by atoms with van der Waals surface area (Å²) >= 11 is 0.623. The number of benzene rings is 1. The predicted octanol–water partition coefficient (Wildman–Crippen LogP) is 1.38. The first kappa shape index (κ1) is 29.9. The van der Waals surface area contributed by atoms with Crippen LogP contribution in [0, 0.1) is 10.1 Å². The molecule has 0 spiro atoms. The third-order valence-corrected chi connectivity index (χ3v) is 5.97. The number of hydrogen-bond acceptors (Lipinski definition) is 15. The summed E-state index contributed by atoms with van der Waals surface area (Å²) in [4.78, 5) is 75.4. The van der Waals surface area contributed by atoms with Crippen molar-refractivity contribution in [2.45, 2.75) is 51.5 Å². The molecule has 40 heavy (non-hydrogen) atoms. The number of amides is 1. The van der Waals surface area contributed by atoms with Gasteiger partial charge >= 0.3 is 28.9 Å². The summed E-state index contributed by atoms with van der Waals surface area (Å²) in [6, 6.07) is 5.68. The third kappa shape index (κ3) is 7.26. The molecule has 1 aliphatic heterocycles. The molecule has 17 heteroatoms. The Morgan fingerprint density at radius 3 is 2.15 bits per heavy atom. The molecule has 1 aliphatic rings. The van der Waals surface area contributed by atoms with Crippen LogP contribution in [0.2, 0.25) is 0 Å². The highest BCUT2D eigenvalue weighted by atomic mass is 32.1. The van der Waals surface area contributed by atoms with Gasteiger partial charge in [0, 0.05) is 20.8 Å². The second-order valence-corrected chi connectivity index (χ2v) is 9.01. The summed E-state index contributed by atoms with van der Waals surface area (Å²) in [6.07, 6.45) is -7.21. The van der Waals surface area contributed by atoms with Crippen LogP contribution in [0.15, 0.2) is 30.5 Å². The van der Waals surface area contributed by atoms with E-state index in [1.54, 1.807) is 0 Å². The fourth-order valence-electron chi connectivity index (χ4n) is 3.63. The smallest absolute Gasteiger partial charge is 0.345 e. The maximum absolute atomic E-state index is 13.0. The molecule has 2 aromatic rings. The number of methoxy groups -OCH3 is 1. The number of rotatable bonds is 9. The second-order valence-electron chi connectivity index (χ2n) is 8.00. The van der Waals surface area contributed by atoms with Gasteiger partial charge in [-0.05, 0) is 23.5 Å². The molecule has 2 heterocycles. The summed E-state index contributed by atoms with van der Waals surface area (Å²) in [7, 11) is 1.04. The van der Waals surface area contributed by atoms with Crippen molar-refractivity contribution in [3.8, 4) is 5.75 Å². The van der Waals surface area contributed by atoms with Gasteiger partial charge in [-0.1, -0.05) is 12.1 Å². The molecule has 1 N–H and O–H groups in total. The molecule has 1 fully saturated rings. The number of nitrogens with zero attached hydrogens (tertiary/aromatic N) is 2. The summed E-state index contributed by atoms with van der Waals surface area (Å²) in [5.74, 6) is -4.57. The number of nitrogens with one attached hydrogen (secondary N) is 1. The zero-order valence-corrected chi connectivity index (χ0v) is 22.2. The van der Waals surface area contributed by atoms with E-state index in [1.807, 2.05) is 0 Å². The zero-order chi connectivity index (χ0) is 29.6. The van der Waals surface area contributed by atoms with Crippen LogP contribution in [0.4, 0.5) is 10.1 Å². The quantitative estimate of drug-likeness (QED) is 0.192. The van der Waals surface area contributed by atoms with Crippen LogP contribution in [0.1, 0.15) is 31.1 Å². The lowest BCUT2D eigenvalue weighted by Gasteiger charge is -2.43. The number of ether oxygens (including phenoxy) is 6. The zero-order valence-electron chi connectivity index (χ0n) is 21.4. The van der Waals surface area contributed by atoms with E-state index in [9.17, 15) is 34.1 Å². The number of hydrogen-bond donors (Lipinski definition) is 1. The van der Waals surface area contributed by atoms with Gasteiger partial charge in [0.15, 0.2) is 23.4 Å². The average Bonchev–Trinajstić information content (AvgIpc) is 3.35. The minimum Gasteiger partial charge on any atom is -0.467 e. The highest BCUT2D eigenvalue weighted by Crippen LogP contribution is 2.33. The van der Waals surface area contributed by atoms with E-state index in [2.05, 4.69) is 10.3 Å². The first-order valence-electron chi connectivity index (χ1n) is 11.3. The molecule has 0 aliphatic carbocycles. The highest BCUT2D eigenvalue weighted by Gasteiger charge is 2.56. The molecule has 5 atom stereocenters. The van der Waals surface area contributed by atoms with Crippen molar-refractivity contribution in [1.82, 2.24) is 4.98 Å².